The molecule has 0 fully saturated rings. The predicted molar refractivity (Wildman–Crippen MR) is 58.6 cm³/mol. The van der Waals surface area contributed by atoms with Crippen LogP contribution in [0.25, 0.3) is 0 Å². The van der Waals surface area contributed by atoms with Crippen LogP contribution in [0.4, 0.5) is 13.2 Å². The van der Waals surface area contributed by atoms with Gasteiger partial charge in [0.1, 0.15) is 12.3 Å². The maximum atomic E-state index is 12.9. The van der Waals surface area contributed by atoms with Crippen LogP contribution in [0.3, 0.4) is 0 Å². The lowest BCUT2D eigenvalue weighted by molar-refractivity contribution is -0.158. The molecular formula is C12H11F3N2O. The van der Waals surface area contributed by atoms with E-state index in [1.165, 1.54) is 24.5 Å². The van der Waals surface area contributed by atoms with Crippen LogP contribution in [0, 0.1) is 0 Å². The molecule has 2 aromatic rings. The average molecular weight is 256 g/mol. The van der Waals surface area contributed by atoms with E-state index in [4.69, 9.17) is 0 Å². The number of nitrogens with zero attached hydrogens (tertiary/aromatic N) is 1. The Morgan fingerprint density at radius 2 is 1.89 bits per heavy atom. The van der Waals surface area contributed by atoms with E-state index < -0.39 is 12.2 Å². The topological polar surface area (TPSA) is 38.1 Å². The van der Waals surface area contributed by atoms with Gasteiger partial charge >= 0.3 is 6.18 Å². The Morgan fingerprint density at radius 3 is 2.44 bits per heavy atom. The van der Waals surface area contributed by atoms with Crippen molar-refractivity contribution in [3.05, 3.63) is 53.9 Å². The normalized spacial score (nSPS) is 13.5. The number of hydrogen-bond acceptors (Lipinski definition) is 3. The average Bonchev–Trinajstić information content (AvgIpc) is 2.82. The second kappa shape index (κ2) is 5.22. The number of alkyl halides is 3. The number of halogens is 3. The van der Waals surface area contributed by atoms with E-state index in [-0.39, 0.29) is 12.1 Å². The minimum Gasteiger partial charge on any atom is -0.364 e. The molecule has 1 unspecified atom stereocenters. The summed E-state index contributed by atoms with van der Waals surface area (Å²) in [6.45, 7) is -0.00439. The highest BCUT2D eigenvalue weighted by atomic mass is 19.4. The van der Waals surface area contributed by atoms with Gasteiger partial charge in [0.25, 0.3) is 0 Å². The third kappa shape index (κ3) is 3.10. The molecule has 2 rings (SSSR count). The summed E-state index contributed by atoms with van der Waals surface area (Å²) in [6.07, 6.45) is -3.03. The molecule has 1 heterocycles. The molecule has 0 aliphatic rings. The van der Waals surface area contributed by atoms with E-state index in [0.717, 1.165) is 0 Å². The third-order valence-electron chi connectivity index (χ3n) is 2.44. The van der Waals surface area contributed by atoms with Crippen LogP contribution < -0.4 is 5.32 Å². The first-order valence-corrected chi connectivity index (χ1v) is 5.31. The van der Waals surface area contributed by atoms with Crippen molar-refractivity contribution >= 4 is 0 Å². The van der Waals surface area contributed by atoms with Gasteiger partial charge in [0, 0.05) is 12.6 Å². The van der Waals surface area contributed by atoms with Crippen molar-refractivity contribution in [2.45, 2.75) is 18.8 Å². The largest absolute Gasteiger partial charge is 0.407 e. The predicted octanol–water partition coefficient (Wildman–Crippen LogP) is 3.07. The zero-order valence-electron chi connectivity index (χ0n) is 9.32. The van der Waals surface area contributed by atoms with Crippen molar-refractivity contribution in [2.24, 2.45) is 0 Å². The number of rotatable bonds is 4. The summed E-state index contributed by atoms with van der Waals surface area (Å²) in [5.41, 5.74) is 0.605. The Kier molecular flexibility index (Phi) is 3.66. The molecule has 0 saturated heterocycles. The second-order valence-corrected chi connectivity index (χ2v) is 3.76. The molecule has 0 spiro atoms. The molecule has 0 amide bonds. The fourth-order valence-corrected chi connectivity index (χ4v) is 1.60. The van der Waals surface area contributed by atoms with Crippen LogP contribution in [0.1, 0.15) is 17.3 Å². The summed E-state index contributed by atoms with van der Waals surface area (Å²) in [4.78, 5) is 0. The smallest absolute Gasteiger partial charge is 0.364 e. The summed E-state index contributed by atoms with van der Waals surface area (Å²) in [7, 11) is 0. The van der Waals surface area contributed by atoms with Crippen molar-refractivity contribution in [1.82, 2.24) is 10.5 Å². The van der Waals surface area contributed by atoms with E-state index in [9.17, 15) is 13.2 Å². The first kappa shape index (κ1) is 12.6. The van der Waals surface area contributed by atoms with Crippen LogP contribution >= 0.6 is 0 Å². The van der Waals surface area contributed by atoms with Crippen molar-refractivity contribution in [3.63, 3.8) is 0 Å². The quantitative estimate of drug-likeness (QED) is 0.913. The van der Waals surface area contributed by atoms with Crippen LogP contribution in [0.15, 0.2) is 47.2 Å². The first-order valence-electron chi connectivity index (χ1n) is 5.31. The van der Waals surface area contributed by atoms with E-state index >= 15 is 0 Å². The van der Waals surface area contributed by atoms with Gasteiger partial charge in [0.15, 0.2) is 0 Å². The molecule has 96 valence electrons. The Labute approximate surface area is 102 Å². The Morgan fingerprint density at radius 1 is 1.17 bits per heavy atom. The molecule has 1 aromatic carbocycles. The number of hydrogen-bond donors (Lipinski definition) is 1. The van der Waals surface area contributed by atoms with Gasteiger partial charge < -0.3 is 4.52 Å². The van der Waals surface area contributed by atoms with E-state index in [1.54, 1.807) is 18.2 Å². The van der Waals surface area contributed by atoms with Crippen molar-refractivity contribution in [2.75, 3.05) is 0 Å². The Balaban J connectivity index is 2.12. The second-order valence-electron chi connectivity index (χ2n) is 3.76. The fourth-order valence-electron chi connectivity index (χ4n) is 1.60. The molecule has 0 aliphatic heterocycles. The molecule has 1 atom stereocenters. The molecule has 0 aliphatic carbocycles. The maximum absolute atomic E-state index is 12.9. The van der Waals surface area contributed by atoms with Gasteiger partial charge in [-0.15, -0.1) is 0 Å². The highest BCUT2D eigenvalue weighted by Crippen LogP contribution is 2.32. The van der Waals surface area contributed by atoms with E-state index in [2.05, 4.69) is 15.0 Å². The Hall–Kier alpha value is -1.82. The van der Waals surface area contributed by atoms with Gasteiger partial charge in [-0.25, -0.2) is 0 Å². The monoisotopic (exact) mass is 256 g/mol. The zero-order chi connectivity index (χ0) is 13.0. The minimum absolute atomic E-state index is 0.00439. The standard InChI is InChI=1S/C12H11F3N2O/c13-12(14,15)11(9-4-2-1-3-5-9)16-8-10-6-7-18-17-10/h1-7,11,16H,8H2. The van der Waals surface area contributed by atoms with Crippen LogP contribution in [0.2, 0.25) is 0 Å². The summed E-state index contributed by atoms with van der Waals surface area (Å²) >= 11 is 0. The summed E-state index contributed by atoms with van der Waals surface area (Å²) in [5.74, 6) is 0. The van der Waals surface area contributed by atoms with Gasteiger partial charge in [-0.05, 0) is 5.56 Å². The maximum Gasteiger partial charge on any atom is 0.407 e. The molecule has 1 aromatic heterocycles. The van der Waals surface area contributed by atoms with Gasteiger partial charge in [-0.2, -0.15) is 13.2 Å². The SMILES string of the molecule is FC(F)(F)C(NCc1ccon1)c1ccccc1. The van der Waals surface area contributed by atoms with Crippen molar-refractivity contribution in [3.8, 4) is 0 Å². The first-order chi connectivity index (χ1) is 8.57. The lowest BCUT2D eigenvalue weighted by Gasteiger charge is -2.21. The Bertz CT molecular complexity index is 468. The van der Waals surface area contributed by atoms with Gasteiger partial charge in [0.2, 0.25) is 0 Å². The number of aromatic nitrogens is 1. The lowest BCUT2D eigenvalue weighted by atomic mass is 10.1. The molecule has 0 saturated carbocycles. The van der Waals surface area contributed by atoms with Crippen LogP contribution in [-0.4, -0.2) is 11.3 Å². The summed E-state index contributed by atoms with van der Waals surface area (Å²) in [6, 6.07) is 7.51. The molecular weight excluding hydrogens is 245 g/mol. The fraction of sp³-hybridized carbons (Fsp3) is 0.250. The molecule has 1 N–H and O–H groups in total. The minimum atomic E-state index is -4.36. The number of benzene rings is 1. The highest BCUT2D eigenvalue weighted by Gasteiger charge is 2.40. The molecule has 0 radical (unpaired) electrons. The van der Waals surface area contributed by atoms with Crippen LogP contribution in [0.5, 0.6) is 0 Å². The molecule has 0 bridgehead atoms. The van der Waals surface area contributed by atoms with Crippen molar-refractivity contribution in [1.29, 1.82) is 0 Å². The molecule has 18 heavy (non-hydrogen) atoms. The van der Waals surface area contributed by atoms with Gasteiger partial charge in [-0.1, -0.05) is 35.5 Å². The van der Waals surface area contributed by atoms with Gasteiger partial charge in [0.05, 0.1) is 5.69 Å². The third-order valence-corrected chi connectivity index (χ3v) is 2.44. The lowest BCUT2D eigenvalue weighted by Crippen LogP contribution is -2.33. The van der Waals surface area contributed by atoms with Crippen LogP contribution in [-0.2, 0) is 6.54 Å². The van der Waals surface area contributed by atoms with E-state index in [1.807, 2.05) is 0 Å². The summed E-state index contributed by atoms with van der Waals surface area (Å²) in [5, 5.41) is 5.99. The number of nitrogens with one attached hydrogen (secondary N) is 1. The van der Waals surface area contributed by atoms with Crippen molar-refractivity contribution < 1.29 is 17.7 Å². The van der Waals surface area contributed by atoms with E-state index in [0.29, 0.717) is 5.69 Å². The molecule has 3 nitrogen and oxygen atoms in total. The van der Waals surface area contributed by atoms with Gasteiger partial charge in [-0.3, -0.25) is 5.32 Å². The molecule has 6 heteroatoms. The summed E-state index contributed by atoms with van der Waals surface area (Å²) < 4.78 is 43.4. The highest BCUT2D eigenvalue weighted by molar-refractivity contribution is 5.20. The zero-order valence-corrected chi connectivity index (χ0v) is 9.32.